The van der Waals surface area contributed by atoms with E-state index in [2.05, 4.69) is 71.9 Å². The van der Waals surface area contributed by atoms with Gasteiger partial charge in [0.15, 0.2) is 8.32 Å². The van der Waals surface area contributed by atoms with Crippen LogP contribution in [0.1, 0.15) is 53.4 Å². The summed E-state index contributed by atoms with van der Waals surface area (Å²) in [5.74, 6) is 3.10. The first-order valence-electron chi connectivity index (χ1n) is 10.0. The maximum Gasteiger partial charge on any atom is 0.192 e. The van der Waals surface area contributed by atoms with E-state index in [1.165, 1.54) is 12.8 Å². The van der Waals surface area contributed by atoms with Gasteiger partial charge in [-0.2, -0.15) is 0 Å². The molecule has 0 aliphatic rings. The average molecular weight is 395 g/mol. The van der Waals surface area contributed by atoms with Crippen molar-refractivity contribution in [1.82, 2.24) is 0 Å². The highest BCUT2D eigenvalue weighted by molar-refractivity contribution is 6.83. The van der Waals surface area contributed by atoms with E-state index in [1.54, 1.807) is 0 Å². The van der Waals surface area contributed by atoms with Gasteiger partial charge in [0.2, 0.25) is 0 Å². The molecule has 0 rings (SSSR count). The number of hydrogen-bond acceptors (Lipinski definition) is 2. The fourth-order valence-corrected chi connectivity index (χ4v) is 4.00. The predicted molar refractivity (Wildman–Crippen MR) is 122 cm³/mol. The second-order valence-electron chi connectivity index (χ2n) is 9.67. The van der Waals surface area contributed by atoms with Crippen LogP contribution in [0.25, 0.3) is 0 Å². The second kappa shape index (κ2) is 11.3. The summed E-state index contributed by atoms with van der Waals surface area (Å²) >= 11 is 0. The van der Waals surface area contributed by atoms with Crippen molar-refractivity contribution in [2.24, 2.45) is 0 Å². The van der Waals surface area contributed by atoms with Gasteiger partial charge in [-0.25, -0.2) is 0 Å². The highest BCUT2D eigenvalue weighted by Crippen LogP contribution is 2.38. The number of aliphatic hydroxyl groups excluding tert-OH is 1. The van der Waals surface area contributed by atoms with Crippen LogP contribution in [0.3, 0.4) is 0 Å². The topological polar surface area (TPSA) is 29.5 Å². The maximum atomic E-state index is 10.7. The molecule has 0 saturated heterocycles. The summed E-state index contributed by atoms with van der Waals surface area (Å²) in [6.45, 7) is 20.1. The molecule has 0 bridgehead atoms. The minimum absolute atomic E-state index is 0.125. The van der Waals surface area contributed by atoms with Gasteiger partial charge in [-0.05, 0) is 30.6 Å². The number of hydrogen-bond donors (Lipinski definition) is 1. The molecular formula is C22H42O2Si2. The van der Waals surface area contributed by atoms with Crippen molar-refractivity contribution >= 4 is 16.4 Å². The van der Waals surface area contributed by atoms with Crippen molar-refractivity contribution in [3.63, 3.8) is 0 Å². The van der Waals surface area contributed by atoms with Crippen molar-refractivity contribution in [2.75, 3.05) is 0 Å². The van der Waals surface area contributed by atoms with Crippen molar-refractivity contribution in [2.45, 2.75) is 103 Å². The smallest absolute Gasteiger partial charge is 0.192 e. The molecule has 0 aliphatic heterocycles. The lowest BCUT2D eigenvalue weighted by Crippen LogP contribution is -2.46. The highest BCUT2D eigenvalue weighted by atomic mass is 28.4. The van der Waals surface area contributed by atoms with Crippen LogP contribution in [-0.4, -0.2) is 33.7 Å². The summed E-state index contributed by atoms with van der Waals surface area (Å²) < 4.78 is 6.52. The van der Waals surface area contributed by atoms with Crippen LogP contribution < -0.4 is 0 Å². The monoisotopic (exact) mass is 394 g/mol. The predicted octanol–water partition coefficient (Wildman–Crippen LogP) is 6.31. The van der Waals surface area contributed by atoms with Gasteiger partial charge in [0.25, 0.3) is 0 Å². The van der Waals surface area contributed by atoms with Crippen LogP contribution in [0.2, 0.25) is 37.8 Å². The van der Waals surface area contributed by atoms with Crippen LogP contribution >= 0.6 is 0 Å². The first kappa shape index (κ1) is 25.4. The van der Waals surface area contributed by atoms with Crippen molar-refractivity contribution in [1.29, 1.82) is 0 Å². The van der Waals surface area contributed by atoms with Gasteiger partial charge in [-0.1, -0.05) is 90.7 Å². The SMILES string of the molecule is CCCCC[C@H](O[Si](C)(C)C(C)(C)C)[C@H](O)/C=C\C=CC#C[Si](C)(C)C. The molecule has 0 aromatic rings. The minimum atomic E-state index is -1.90. The zero-order chi connectivity index (χ0) is 20.4. The van der Waals surface area contributed by atoms with Crippen molar-refractivity contribution in [3.8, 4) is 11.5 Å². The Morgan fingerprint density at radius 3 is 2.15 bits per heavy atom. The van der Waals surface area contributed by atoms with E-state index in [1.807, 2.05) is 24.3 Å². The summed E-state index contributed by atoms with van der Waals surface area (Å²) in [7, 11) is -3.22. The fourth-order valence-electron chi connectivity index (χ4n) is 2.11. The Morgan fingerprint density at radius 1 is 1.04 bits per heavy atom. The number of allylic oxidation sites excluding steroid dienone is 3. The molecule has 0 fully saturated rings. The van der Waals surface area contributed by atoms with E-state index in [9.17, 15) is 5.11 Å². The third-order valence-corrected chi connectivity index (χ3v) is 10.2. The summed E-state index contributed by atoms with van der Waals surface area (Å²) in [6, 6.07) is 0. The molecule has 2 atom stereocenters. The number of rotatable bonds is 9. The van der Waals surface area contributed by atoms with Crippen LogP contribution in [0.4, 0.5) is 0 Å². The van der Waals surface area contributed by atoms with E-state index >= 15 is 0 Å². The van der Waals surface area contributed by atoms with Crippen LogP contribution in [0, 0.1) is 11.5 Å². The lowest BCUT2D eigenvalue weighted by atomic mass is 10.1. The van der Waals surface area contributed by atoms with Crippen LogP contribution in [0.15, 0.2) is 24.3 Å². The van der Waals surface area contributed by atoms with E-state index in [0.717, 1.165) is 12.8 Å². The van der Waals surface area contributed by atoms with Crippen molar-refractivity contribution in [3.05, 3.63) is 24.3 Å². The van der Waals surface area contributed by atoms with E-state index < -0.39 is 22.5 Å². The Balaban J connectivity index is 4.98. The van der Waals surface area contributed by atoms with E-state index in [-0.39, 0.29) is 11.1 Å². The first-order chi connectivity index (χ1) is 11.8. The lowest BCUT2D eigenvalue weighted by Gasteiger charge is -2.40. The third kappa shape index (κ3) is 11.2. The molecule has 0 aromatic carbocycles. The van der Waals surface area contributed by atoms with Gasteiger partial charge in [0.1, 0.15) is 8.07 Å². The summed E-state index contributed by atoms with van der Waals surface area (Å²) in [5.41, 5.74) is 3.30. The van der Waals surface area contributed by atoms with Gasteiger partial charge in [-0.3, -0.25) is 0 Å². The largest absolute Gasteiger partial charge is 0.411 e. The molecule has 0 saturated carbocycles. The Kier molecular flexibility index (Phi) is 11.0. The number of unbranched alkanes of at least 4 members (excludes halogenated alkanes) is 2. The highest BCUT2D eigenvalue weighted by Gasteiger charge is 2.40. The molecule has 0 spiro atoms. The Bertz CT molecular complexity index is 511. The Hall–Kier alpha value is -0.606. The summed E-state index contributed by atoms with van der Waals surface area (Å²) in [6.07, 6.45) is 11.2. The standard InChI is InChI=1S/C22H42O2Si2/c1-10-11-14-18-21(24-26(8,9)22(2,3)4)20(23)17-15-12-13-16-19-25(5,6)7/h12-13,15,17,20-21,23H,10-11,14,18H2,1-9H3/b13-12?,17-15-/t20-,21+/m1/s1. The molecular weight excluding hydrogens is 352 g/mol. The minimum Gasteiger partial charge on any atom is -0.411 e. The normalized spacial score (nSPS) is 15.9. The fraction of sp³-hybridized carbons (Fsp3) is 0.727. The molecule has 0 aromatic heterocycles. The molecule has 0 aliphatic carbocycles. The van der Waals surface area contributed by atoms with E-state index in [0.29, 0.717) is 0 Å². The zero-order valence-electron chi connectivity index (χ0n) is 18.6. The quantitative estimate of drug-likeness (QED) is 0.215. The molecule has 0 unspecified atom stereocenters. The van der Waals surface area contributed by atoms with Gasteiger partial charge >= 0.3 is 0 Å². The Morgan fingerprint density at radius 2 is 1.65 bits per heavy atom. The average Bonchev–Trinajstić information content (AvgIpc) is 2.47. The Labute approximate surface area is 165 Å². The summed E-state index contributed by atoms with van der Waals surface area (Å²) in [5, 5.41) is 10.8. The molecule has 4 heteroatoms. The first-order valence-corrected chi connectivity index (χ1v) is 16.4. The summed E-state index contributed by atoms with van der Waals surface area (Å²) in [4.78, 5) is 0. The van der Waals surface area contributed by atoms with Gasteiger partial charge in [0.05, 0.1) is 12.2 Å². The number of aliphatic hydroxyl groups is 1. The second-order valence-corrected chi connectivity index (χ2v) is 19.2. The molecule has 0 amide bonds. The zero-order valence-corrected chi connectivity index (χ0v) is 20.6. The van der Waals surface area contributed by atoms with Gasteiger partial charge in [0, 0.05) is 0 Å². The van der Waals surface area contributed by atoms with Crippen LogP contribution in [-0.2, 0) is 4.43 Å². The van der Waals surface area contributed by atoms with Gasteiger partial charge in [-0.15, -0.1) is 5.54 Å². The molecule has 150 valence electrons. The molecule has 0 heterocycles. The third-order valence-electron chi connectivity index (χ3n) is 4.77. The molecule has 26 heavy (non-hydrogen) atoms. The molecule has 0 radical (unpaired) electrons. The lowest BCUT2D eigenvalue weighted by molar-refractivity contribution is 0.0495. The maximum absolute atomic E-state index is 10.7. The molecule has 1 N–H and O–H groups in total. The van der Waals surface area contributed by atoms with Crippen LogP contribution in [0.5, 0.6) is 0 Å². The molecule has 2 nitrogen and oxygen atoms in total. The van der Waals surface area contributed by atoms with E-state index in [4.69, 9.17) is 4.43 Å². The van der Waals surface area contributed by atoms with Crippen molar-refractivity contribution < 1.29 is 9.53 Å². The van der Waals surface area contributed by atoms with Gasteiger partial charge < -0.3 is 9.53 Å².